The number of amides is 2. The molecule has 0 aromatic heterocycles. The number of hydrogen-bond acceptors (Lipinski definition) is 6. The molecule has 0 spiro atoms. The maximum Gasteiger partial charge on any atom is 0.241 e. The molecule has 0 bridgehead atoms. The van der Waals surface area contributed by atoms with Crippen LogP contribution in [0, 0.1) is 0 Å². The van der Waals surface area contributed by atoms with Crippen molar-refractivity contribution in [3.05, 3.63) is 24.3 Å². The van der Waals surface area contributed by atoms with Crippen molar-refractivity contribution in [3.8, 4) is 5.75 Å². The van der Waals surface area contributed by atoms with E-state index in [2.05, 4.69) is 10.6 Å². The molecule has 3 rings (SSSR count). The predicted molar refractivity (Wildman–Crippen MR) is 109 cm³/mol. The molecule has 2 saturated heterocycles. The first kappa shape index (κ1) is 22.4. The molecule has 10 heteroatoms. The summed E-state index contributed by atoms with van der Waals surface area (Å²) >= 11 is 0. The van der Waals surface area contributed by atoms with E-state index in [9.17, 15) is 18.0 Å². The van der Waals surface area contributed by atoms with Crippen molar-refractivity contribution in [3.63, 3.8) is 0 Å². The summed E-state index contributed by atoms with van der Waals surface area (Å²) in [5.41, 5.74) is 0.691. The summed E-state index contributed by atoms with van der Waals surface area (Å²) in [6.07, 6.45) is 1.72. The highest BCUT2D eigenvalue weighted by Crippen LogP contribution is 2.30. The van der Waals surface area contributed by atoms with Gasteiger partial charge in [0.15, 0.2) is 14.6 Å². The molecular weight excluding hydrogens is 406 g/mol. The molecule has 0 saturated carbocycles. The van der Waals surface area contributed by atoms with Crippen molar-refractivity contribution in [1.29, 1.82) is 0 Å². The van der Waals surface area contributed by atoms with Crippen LogP contribution in [0.15, 0.2) is 24.3 Å². The Hall–Kier alpha value is -1.84. The number of benzene rings is 1. The molecule has 0 radical (unpaired) electrons. The van der Waals surface area contributed by atoms with Crippen LogP contribution < -0.4 is 20.3 Å². The molecule has 1 unspecified atom stereocenters. The summed E-state index contributed by atoms with van der Waals surface area (Å²) in [6.45, 7) is 1.25. The first-order valence-electron chi connectivity index (χ1n) is 8.92. The number of carbonyl (C=O) groups excluding carboxylic acids is 2. The highest BCUT2D eigenvalue weighted by atomic mass is 35.5. The second-order valence-electron chi connectivity index (χ2n) is 7.10. The number of carbonyl (C=O) groups is 2. The van der Waals surface area contributed by atoms with Gasteiger partial charge in [-0.1, -0.05) is 6.07 Å². The van der Waals surface area contributed by atoms with Crippen molar-refractivity contribution in [1.82, 2.24) is 10.6 Å². The molecule has 2 heterocycles. The molecule has 156 valence electrons. The van der Waals surface area contributed by atoms with E-state index in [0.717, 1.165) is 6.26 Å². The monoisotopic (exact) mass is 431 g/mol. The van der Waals surface area contributed by atoms with Gasteiger partial charge in [0, 0.05) is 31.0 Å². The van der Waals surface area contributed by atoms with Gasteiger partial charge in [0.05, 0.1) is 13.2 Å². The Morgan fingerprint density at radius 3 is 2.61 bits per heavy atom. The van der Waals surface area contributed by atoms with Gasteiger partial charge in [-0.2, -0.15) is 0 Å². The number of rotatable bonds is 5. The van der Waals surface area contributed by atoms with Gasteiger partial charge in [0.25, 0.3) is 0 Å². The van der Waals surface area contributed by atoms with Gasteiger partial charge in [-0.05, 0) is 38.1 Å². The normalized spacial score (nSPS) is 21.7. The highest BCUT2D eigenvalue weighted by Gasteiger charge is 2.49. The number of anilines is 1. The van der Waals surface area contributed by atoms with Crippen LogP contribution in [-0.4, -0.2) is 64.0 Å². The quantitative estimate of drug-likeness (QED) is 0.703. The maximum atomic E-state index is 12.9. The summed E-state index contributed by atoms with van der Waals surface area (Å²) < 4.78 is 28.5. The van der Waals surface area contributed by atoms with Crippen molar-refractivity contribution >= 4 is 39.7 Å². The van der Waals surface area contributed by atoms with Crippen molar-refractivity contribution in [2.24, 2.45) is 0 Å². The minimum absolute atomic E-state index is 0. The number of sulfone groups is 1. The average molecular weight is 432 g/mol. The molecule has 2 aliphatic heterocycles. The van der Waals surface area contributed by atoms with Gasteiger partial charge in [0.2, 0.25) is 11.8 Å². The van der Waals surface area contributed by atoms with Crippen LogP contribution in [0.3, 0.4) is 0 Å². The molecule has 8 nitrogen and oxygen atoms in total. The Morgan fingerprint density at radius 1 is 1.32 bits per heavy atom. The second kappa shape index (κ2) is 8.67. The average Bonchev–Trinajstić information content (AvgIpc) is 3.01. The van der Waals surface area contributed by atoms with E-state index in [1.807, 2.05) is 0 Å². The Morgan fingerprint density at radius 2 is 2.00 bits per heavy atom. The summed E-state index contributed by atoms with van der Waals surface area (Å²) in [4.78, 5) is 26.9. The topological polar surface area (TPSA) is 105 Å². The van der Waals surface area contributed by atoms with Crippen LogP contribution in [0.4, 0.5) is 5.69 Å². The van der Waals surface area contributed by atoms with E-state index in [1.54, 1.807) is 36.3 Å². The second-order valence-corrected chi connectivity index (χ2v) is 9.42. The predicted octanol–water partition coefficient (Wildman–Crippen LogP) is 0.505. The first-order chi connectivity index (χ1) is 12.8. The summed E-state index contributed by atoms with van der Waals surface area (Å²) in [7, 11) is -2.03. The maximum absolute atomic E-state index is 12.9. The Kier molecular flexibility index (Phi) is 6.95. The van der Waals surface area contributed by atoms with Crippen molar-refractivity contribution in [2.45, 2.75) is 30.1 Å². The number of methoxy groups -OCH3 is 1. The number of nitrogens with one attached hydrogen (secondary N) is 2. The van der Waals surface area contributed by atoms with E-state index in [-0.39, 0.29) is 37.6 Å². The van der Waals surface area contributed by atoms with Crippen LogP contribution in [0.5, 0.6) is 5.75 Å². The fourth-order valence-corrected chi connectivity index (χ4v) is 5.09. The first-order valence-corrected chi connectivity index (χ1v) is 10.8. The summed E-state index contributed by atoms with van der Waals surface area (Å²) in [5.74, 6) is 0.0163. The molecule has 2 amide bonds. The number of nitrogens with zero attached hydrogens (tertiary/aromatic N) is 1. The third-order valence-corrected chi connectivity index (χ3v) is 7.37. The minimum atomic E-state index is -3.58. The molecule has 1 aromatic carbocycles. The van der Waals surface area contributed by atoms with E-state index < -0.39 is 26.5 Å². The van der Waals surface area contributed by atoms with Gasteiger partial charge in [-0.15, -0.1) is 12.4 Å². The van der Waals surface area contributed by atoms with Crippen LogP contribution in [-0.2, 0) is 19.4 Å². The SMILES string of the molecule is COc1cccc(N2CC(NC(=O)C3(S(C)(=O)=O)CCNCC3)CC2=O)c1.Cl. The van der Waals surface area contributed by atoms with E-state index in [1.165, 1.54) is 0 Å². The lowest BCUT2D eigenvalue weighted by Crippen LogP contribution is -2.59. The summed E-state index contributed by atoms with van der Waals surface area (Å²) in [5, 5.41) is 5.90. The Balaban J connectivity index is 0.00000280. The lowest BCUT2D eigenvalue weighted by molar-refractivity contribution is -0.125. The zero-order valence-electron chi connectivity index (χ0n) is 15.9. The van der Waals surface area contributed by atoms with Gasteiger partial charge in [0.1, 0.15) is 5.75 Å². The van der Waals surface area contributed by atoms with Gasteiger partial charge in [-0.3, -0.25) is 9.59 Å². The standard InChI is InChI=1S/C18H25N3O5S.ClH/c1-26-15-5-3-4-14(11-15)21-12-13(10-16(21)22)20-17(23)18(27(2,24)25)6-8-19-9-7-18;/h3-5,11,13,19H,6-10,12H2,1-2H3,(H,20,23);1H. The van der Waals surface area contributed by atoms with E-state index in [4.69, 9.17) is 4.74 Å². The number of ether oxygens (including phenoxy) is 1. The minimum Gasteiger partial charge on any atom is -0.497 e. The fraction of sp³-hybridized carbons (Fsp3) is 0.556. The Labute approximate surface area is 171 Å². The van der Waals surface area contributed by atoms with Gasteiger partial charge in [-0.25, -0.2) is 8.42 Å². The number of piperidine rings is 1. The fourth-order valence-electron chi connectivity index (χ4n) is 3.75. The smallest absolute Gasteiger partial charge is 0.241 e. The molecule has 1 aromatic rings. The highest BCUT2D eigenvalue weighted by molar-refractivity contribution is 7.92. The third-order valence-electron chi connectivity index (χ3n) is 5.36. The molecule has 1 atom stereocenters. The van der Waals surface area contributed by atoms with Crippen LogP contribution in [0.1, 0.15) is 19.3 Å². The van der Waals surface area contributed by atoms with Crippen LogP contribution in [0.25, 0.3) is 0 Å². The van der Waals surface area contributed by atoms with Crippen molar-refractivity contribution < 1.29 is 22.7 Å². The summed E-state index contributed by atoms with van der Waals surface area (Å²) in [6, 6.07) is 6.71. The van der Waals surface area contributed by atoms with E-state index in [0.29, 0.717) is 31.1 Å². The van der Waals surface area contributed by atoms with Crippen molar-refractivity contribution in [2.75, 3.05) is 37.9 Å². The van der Waals surface area contributed by atoms with Crippen LogP contribution in [0.2, 0.25) is 0 Å². The van der Waals surface area contributed by atoms with Gasteiger partial charge >= 0.3 is 0 Å². The number of hydrogen-bond donors (Lipinski definition) is 2. The molecule has 28 heavy (non-hydrogen) atoms. The van der Waals surface area contributed by atoms with E-state index >= 15 is 0 Å². The third kappa shape index (κ3) is 4.26. The zero-order valence-corrected chi connectivity index (χ0v) is 17.6. The number of halogens is 1. The zero-order chi connectivity index (χ0) is 19.7. The molecule has 0 aliphatic carbocycles. The molecule has 2 fully saturated rings. The largest absolute Gasteiger partial charge is 0.497 e. The lowest BCUT2D eigenvalue weighted by Gasteiger charge is -2.35. The lowest BCUT2D eigenvalue weighted by atomic mass is 9.95. The Bertz CT molecular complexity index is 839. The molecular formula is C18H26ClN3O5S. The van der Waals surface area contributed by atoms with Crippen LogP contribution >= 0.6 is 12.4 Å². The molecule has 2 aliphatic rings. The molecule has 2 N–H and O–H groups in total. The van der Waals surface area contributed by atoms with Gasteiger partial charge < -0.3 is 20.3 Å².